The summed E-state index contributed by atoms with van der Waals surface area (Å²) in [5, 5.41) is 2.95. The van der Waals surface area contributed by atoms with Crippen LogP contribution in [0.3, 0.4) is 0 Å². The van der Waals surface area contributed by atoms with Gasteiger partial charge >= 0.3 is 6.03 Å². The minimum absolute atomic E-state index is 0.0881. The molecule has 1 spiro atoms. The number of carbonyl (C=O) groups excluding carboxylic acids is 2. The number of hydrogen-bond donors (Lipinski definition) is 1. The van der Waals surface area contributed by atoms with Crippen LogP contribution in [0.1, 0.15) is 37.8 Å². The molecule has 1 aromatic carbocycles. The highest BCUT2D eigenvalue weighted by Gasteiger charge is 2.53. The van der Waals surface area contributed by atoms with E-state index in [0.717, 1.165) is 24.0 Å². The van der Waals surface area contributed by atoms with Crippen molar-refractivity contribution in [2.24, 2.45) is 0 Å². The second-order valence-electron chi connectivity index (χ2n) is 6.22. The standard InChI is InChI=1S/C17H22N2O3/c1-12(2)22-11-10-19-15(20)17(18-16(19)21)9-5-7-13-6-3-4-8-14(13)17/h3-4,6,8,12H,5,7,9-11H2,1-2H3,(H,18,21). The monoisotopic (exact) mass is 302 g/mol. The van der Waals surface area contributed by atoms with Gasteiger partial charge in [0.05, 0.1) is 19.3 Å². The Morgan fingerprint density at radius 1 is 1.32 bits per heavy atom. The largest absolute Gasteiger partial charge is 0.377 e. The Morgan fingerprint density at radius 3 is 2.86 bits per heavy atom. The van der Waals surface area contributed by atoms with E-state index in [1.54, 1.807) is 0 Å². The number of rotatable bonds is 4. The number of fused-ring (bicyclic) bond motifs is 2. The number of ether oxygens (including phenoxy) is 1. The third-order valence-electron chi connectivity index (χ3n) is 4.42. The van der Waals surface area contributed by atoms with Crippen LogP contribution in [0.2, 0.25) is 0 Å². The number of benzene rings is 1. The highest BCUT2D eigenvalue weighted by Crippen LogP contribution is 2.39. The smallest absolute Gasteiger partial charge is 0.325 e. The lowest BCUT2D eigenvalue weighted by Gasteiger charge is -2.33. The summed E-state index contributed by atoms with van der Waals surface area (Å²) >= 11 is 0. The molecule has 0 aromatic heterocycles. The van der Waals surface area contributed by atoms with Gasteiger partial charge in [0, 0.05) is 0 Å². The van der Waals surface area contributed by atoms with Gasteiger partial charge in [0.1, 0.15) is 5.54 Å². The molecular formula is C17H22N2O3. The highest BCUT2D eigenvalue weighted by molar-refractivity contribution is 6.07. The van der Waals surface area contributed by atoms with E-state index in [0.29, 0.717) is 19.6 Å². The lowest BCUT2D eigenvalue weighted by molar-refractivity contribution is -0.132. The van der Waals surface area contributed by atoms with E-state index in [1.165, 1.54) is 4.90 Å². The van der Waals surface area contributed by atoms with Crippen LogP contribution in [0.15, 0.2) is 24.3 Å². The molecule has 22 heavy (non-hydrogen) atoms. The maximum absolute atomic E-state index is 12.9. The van der Waals surface area contributed by atoms with Crippen LogP contribution in [0.4, 0.5) is 4.79 Å². The van der Waals surface area contributed by atoms with E-state index in [1.807, 2.05) is 38.1 Å². The van der Waals surface area contributed by atoms with Crippen molar-refractivity contribution in [3.8, 4) is 0 Å². The third kappa shape index (κ3) is 2.39. The Morgan fingerprint density at radius 2 is 2.09 bits per heavy atom. The summed E-state index contributed by atoms with van der Waals surface area (Å²) < 4.78 is 5.47. The van der Waals surface area contributed by atoms with E-state index in [-0.39, 0.29) is 18.0 Å². The van der Waals surface area contributed by atoms with Gasteiger partial charge in [0.25, 0.3) is 5.91 Å². The average molecular weight is 302 g/mol. The first-order valence-corrected chi connectivity index (χ1v) is 7.89. The molecular weight excluding hydrogens is 280 g/mol. The number of imide groups is 1. The molecule has 3 rings (SSSR count). The zero-order valence-electron chi connectivity index (χ0n) is 13.1. The van der Waals surface area contributed by atoms with Crippen LogP contribution in [-0.2, 0) is 21.5 Å². The van der Waals surface area contributed by atoms with Gasteiger partial charge in [-0.05, 0) is 44.2 Å². The third-order valence-corrected chi connectivity index (χ3v) is 4.42. The average Bonchev–Trinajstić information content (AvgIpc) is 2.72. The summed E-state index contributed by atoms with van der Waals surface area (Å²) in [5.41, 5.74) is 1.23. The molecule has 1 aliphatic carbocycles. The Labute approximate surface area is 130 Å². The van der Waals surface area contributed by atoms with E-state index in [4.69, 9.17) is 4.74 Å². The molecule has 1 unspecified atom stereocenters. The fourth-order valence-electron chi connectivity index (χ4n) is 3.39. The quantitative estimate of drug-likeness (QED) is 0.867. The van der Waals surface area contributed by atoms with Crippen molar-refractivity contribution in [3.05, 3.63) is 35.4 Å². The first-order valence-electron chi connectivity index (χ1n) is 7.89. The van der Waals surface area contributed by atoms with Gasteiger partial charge in [-0.25, -0.2) is 4.79 Å². The number of aryl methyl sites for hydroxylation is 1. The fourth-order valence-corrected chi connectivity index (χ4v) is 3.39. The fraction of sp³-hybridized carbons (Fsp3) is 0.529. The Bertz CT molecular complexity index is 599. The molecule has 1 N–H and O–H groups in total. The van der Waals surface area contributed by atoms with Gasteiger partial charge < -0.3 is 10.1 Å². The van der Waals surface area contributed by atoms with Gasteiger partial charge in [-0.1, -0.05) is 24.3 Å². The topological polar surface area (TPSA) is 58.6 Å². The van der Waals surface area contributed by atoms with Gasteiger partial charge in [0.2, 0.25) is 0 Å². The molecule has 2 aliphatic rings. The second-order valence-corrected chi connectivity index (χ2v) is 6.22. The predicted octanol–water partition coefficient (Wildman–Crippen LogP) is 2.19. The molecule has 0 radical (unpaired) electrons. The zero-order chi connectivity index (χ0) is 15.7. The van der Waals surface area contributed by atoms with E-state index in [9.17, 15) is 9.59 Å². The Hall–Kier alpha value is -1.88. The van der Waals surface area contributed by atoms with Gasteiger partial charge in [-0.15, -0.1) is 0 Å². The summed E-state index contributed by atoms with van der Waals surface area (Å²) in [6.07, 6.45) is 2.61. The molecule has 1 aromatic rings. The Balaban J connectivity index is 1.85. The Kier molecular flexibility index (Phi) is 3.91. The normalized spacial score (nSPS) is 24.0. The van der Waals surface area contributed by atoms with Crippen molar-refractivity contribution in [3.63, 3.8) is 0 Å². The van der Waals surface area contributed by atoms with Gasteiger partial charge in [-0.3, -0.25) is 9.69 Å². The molecule has 1 atom stereocenters. The molecule has 0 bridgehead atoms. The SMILES string of the molecule is CC(C)OCCN1C(=O)NC2(CCCc3ccccc32)C1=O. The van der Waals surface area contributed by atoms with Crippen molar-refractivity contribution >= 4 is 11.9 Å². The molecule has 1 fully saturated rings. The van der Waals surface area contributed by atoms with Crippen molar-refractivity contribution < 1.29 is 14.3 Å². The second kappa shape index (κ2) is 5.72. The number of hydrogen-bond acceptors (Lipinski definition) is 3. The molecule has 1 saturated heterocycles. The molecule has 5 nitrogen and oxygen atoms in total. The summed E-state index contributed by atoms with van der Waals surface area (Å²) in [4.78, 5) is 26.5. The minimum Gasteiger partial charge on any atom is -0.377 e. The van der Waals surface area contributed by atoms with E-state index < -0.39 is 5.54 Å². The zero-order valence-corrected chi connectivity index (χ0v) is 13.1. The summed E-state index contributed by atoms with van der Waals surface area (Å²) in [7, 11) is 0. The number of amides is 3. The molecule has 3 amide bonds. The maximum atomic E-state index is 12.9. The number of nitrogens with zero attached hydrogens (tertiary/aromatic N) is 1. The highest BCUT2D eigenvalue weighted by atomic mass is 16.5. The molecule has 0 saturated carbocycles. The number of nitrogens with one attached hydrogen (secondary N) is 1. The summed E-state index contributed by atoms with van der Waals surface area (Å²) in [5.74, 6) is -0.142. The lowest BCUT2D eigenvalue weighted by Crippen LogP contribution is -2.46. The predicted molar refractivity (Wildman–Crippen MR) is 82.4 cm³/mol. The molecule has 1 aliphatic heterocycles. The first kappa shape index (κ1) is 15.0. The van der Waals surface area contributed by atoms with Crippen molar-refractivity contribution in [1.29, 1.82) is 0 Å². The van der Waals surface area contributed by atoms with Crippen LogP contribution in [0.25, 0.3) is 0 Å². The molecule has 118 valence electrons. The maximum Gasteiger partial charge on any atom is 0.325 e. The van der Waals surface area contributed by atoms with E-state index >= 15 is 0 Å². The van der Waals surface area contributed by atoms with E-state index in [2.05, 4.69) is 5.32 Å². The van der Waals surface area contributed by atoms with Gasteiger partial charge in [0.15, 0.2) is 0 Å². The lowest BCUT2D eigenvalue weighted by atomic mass is 9.76. The first-order chi connectivity index (χ1) is 10.5. The van der Waals surface area contributed by atoms with Crippen molar-refractivity contribution in [1.82, 2.24) is 10.2 Å². The minimum atomic E-state index is -0.871. The van der Waals surface area contributed by atoms with Gasteiger partial charge in [-0.2, -0.15) is 0 Å². The van der Waals surface area contributed by atoms with Crippen molar-refractivity contribution in [2.75, 3.05) is 13.2 Å². The van der Waals surface area contributed by atoms with Crippen LogP contribution in [-0.4, -0.2) is 36.1 Å². The molecule has 1 heterocycles. The molecule has 5 heteroatoms. The van der Waals surface area contributed by atoms with Crippen LogP contribution < -0.4 is 5.32 Å². The van der Waals surface area contributed by atoms with Crippen molar-refractivity contribution in [2.45, 2.75) is 44.8 Å². The summed E-state index contributed by atoms with van der Waals surface area (Å²) in [6, 6.07) is 7.60. The summed E-state index contributed by atoms with van der Waals surface area (Å²) in [6.45, 7) is 4.54. The number of carbonyl (C=O) groups is 2. The van der Waals surface area contributed by atoms with Crippen LogP contribution in [0, 0.1) is 0 Å². The van der Waals surface area contributed by atoms with Crippen LogP contribution in [0.5, 0.6) is 0 Å². The van der Waals surface area contributed by atoms with Crippen LogP contribution >= 0.6 is 0 Å². The number of urea groups is 1.